The van der Waals surface area contributed by atoms with Gasteiger partial charge in [0.25, 0.3) is 0 Å². The molecule has 0 amide bonds. The van der Waals surface area contributed by atoms with Crippen LogP contribution in [0.15, 0.2) is 48.5 Å². The Labute approximate surface area is 148 Å². The van der Waals surface area contributed by atoms with E-state index in [1.165, 1.54) is 0 Å². The minimum absolute atomic E-state index is 0.0106. The van der Waals surface area contributed by atoms with Crippen molar-refractivity contribution in [3.63, 3.8) is 0 Å². The molecule has 0 aliphatic rings. The number of aryl methyl sites for hydroxylation is 1. The summed E-state index contributed by atoms with van der Waals surface area (Å²) in [5.74, 6) is 2.22. The van der Waals surface area contributed by atoms with Gasteiger partial charge in [0.1, 0.15) is 11.5 Å². The molecule has 0 radical (unpaired) electrons. The second kappa shape index (κ2) is 7.53. The Hall–Kier alpha value is -2.59. The highest BCUT2D eigenvalue weighted by Crippen LogP contribution is 2.29. The molecule has 0 saturated heterocycles. The van der Waals surface area contributed by atoms with E-state index in [9.17, 15) is 0 Å². The average Bonchev–Trinajstić information content (AvgIpc) is 2.61. The first kappa shape index (κ1) is 17.2. The standard InChI is InChI=1S/C21H24N2O2/c1-4-11-24-18-7-9-20(14(2)12-18)25-21-10-6-17-13-16(15(3)22)5-8-19(17)23-21/h5-10,12-13,15H,4,11,22H2,1-3H3. The van der Waals surface area contributed by atoms with Gasteiger partial charge in [-0.25, -0.2) is 4.98 Å². The van der Waals surface area contributed by atoms with Crippen molar-refractivity contribution in [1.29, 1.82) is 0 Å². The predicted octanol–water partition coefficient (Wildman–Crippen LogP) is 5.14. The molecule has 3 aromatic rings. The van der Waals surface area contributed by atoms with Crippen LogP contribution in [-0.4, -0.2) is 11.6 Å². The van der Waals surface area contributed by atoms with Crippen molar-refractivity contribution in [3.8, 4) is 17.4 Å². The molecule has 0 aliphatic heterocycles. The van der Waals surface area contributed by atoms with Crippen LogP contribution in [0.2, 0.25) is 0 Å². The number of aromatic nitrogens is 1. The SMILES string of the molecule is CCCOc1ccc(Oc2ccc3cc(C(C)N)ccc3n2)c(C)c1. The lowest BCUT2D eigenvalue weighted by atomic mass is 10.1. The van der Waals surface area contributed by atoms with Gasteiger partial charge in [-0.2, -0.15) is 0 Å². The lowest BCUT2D eigenvalue weighted by molar-refractivity contribution is 0.316. The second-order valence-corrected chi connectivity index (χ2v) is 6.27. The predicted molar refractivity (Wildman–Crippen MR) is 101 cm³/mol. The Morgan fingerprint density at radius 3 is 2.64 bits per heavy atom. The summed E-state index contributed by atoms with van der Waals surface area (Å²) in [7, 11) is 0. The van der Waals surface area contributed by atoms with Crippen LogP contribution in [0.4, 0.5) is 0 Å². The number of hydrogen-bond donors (Lipinski definition) is 1. The summed E-state index contributed by atoms with van der Waals surface area (Å²) in [5, 5.41) is 1.06. The van der Waals surface area contributed by atoms with Gasteiger partial charge < -0.3 is 15.2 Å². The number of nitrogens with zero attached hydrogens (tertiary/aromatic N) is 1. The van der Waals surface area contributed by atoms with E-state index in [2.05, 4.69) is 18.0 Å². The third-order valence-corrected chi connectivity index (χ3v) is 4.05. The fourth-order valence-corrected chi connectivity index (χ4v) is 2.62. The Balaban J connectivity index is 1.81. The zero-order valence-corrected chi connectivity index (χ0v) is 15.0. The molecule has 2 N–H and O–H groups in total. The van der Waals surface area contributed by atoms with Gasteiger partial charge in [-0.1, -0.05) is 13.0 Å². The monoisotopic (exact) mass is 336 g/mol. The normalized spacial score (nSPS) is 12.2. The molecule has 0 aliphatic carbocycles. The van der Waals surface area contributed by atoms with Gasteiger partial charge >= 0.3 is 0 Å². The van der Waals surface area contributed by atoms with E-state index in [0.717, 1.165) is 46.6 Å². The van der Waals surface area contributed by atoms with E-state index in [0.29, 0.717) is 5.88 Å². The van der Waals surface area contributed by atoms with Crippen LogP contribution >= 0.6 is 0 Å². The number of benzene rings is 2. The van der Waals surface area contributed by atoms with Crippen molar-refractivity contribution in [2.75, 3.05) is 6.61 Å². The number of rotatable bonds is 6. The summed E-state index contributed by atoms with van der Waals surface area (Å²) in [4.78, 5) is 4.59. The van der Waals surface area contributed by atoms with Gasteiger partial charge in [0, 0.05) is 17.5 Å². The van der Waals surface area contributed by atoms with Crippen molar-refractivity contribution < 1.29 is 9.47 Å². The van der Waals surface area contributed by atoms with E-state index in [4.69, 9.17) is 15.2 Å². The molecule has 1 unspecified atom stereocenters. The minimum atomic E-state index is 0.0106. The first-order valence-electron chi connectivity index (χ1n) is 8.64. The number of fused-ring (bicyclic) bond motifs is 1. The highest BCUT2D eigenvalue weighted by atomic mass is 16.5. The molecule has 3 rings (SSSR count). The summed E-state index contributed by atoms with van der Waals surface area (Å²) in [6, 6.07) is 15.8. The lowest BCUT2D eigenvalue weighted by Crippen LogP contribution is -2.04. The van der Waals surface area contributed by atoms with Crippen LogP contribution in [0, 0.1) is 6.92 Å². The topological polar surface area (TPSA) is 57.4 Å². The fraction of sp³-hybridized carbons (Fsp3) is 0.286. The number of nitrogens with two attached hydrogens (primary N) is 1. The minimum Gasteiger partial charge on any atom is -0.494 e. The molecule has 130 valence electrons. The van der Waals surface area contributed by atoms with Crippen molar-refractivity contribution in [3.05, 3.63) is 59.7 Å². The molecule has 2 aromatic carbocycles. The Kier molecular flexibility index (Phi) is 5.19. The van der Waals surface area contributed by atoms with Crippen LogP contribution in [0.25, 0.3) is 10.9 Å². The van der Waals surface area contributed by atoms with Crippen molar-refractivity contribution in [2.24, 2.45) is 5.73 Å². The summed E-state index contributed by atoms with van der Waals surface area (Å²) < 4.78 is 11.6. The molecule has 1 atom stereocenters. The first-order valence-corrected chi connectivity index (χ1v) is 8.64. The van der Waals surface area contributed by atoms with Crippen LogP contribution in [0.5, 0.6) is 17.4 Å². The fourth-order valence-electron chi connectivity index (χ4n) is 2.62. The smallest absolute Gasteiger partial charge is 0.219 e. The Morgan fingerprint density at radius 1 is 1.08 bits per heavy atom. The summed E-state index contributed by atoms with van der Waals surface area (Å²) >= 11 is 0. The molecular weight excluding hydrogens is 312 g/mol. The zero-order valence-electron chi connectivity index (χ0n) is 15.0. The van der Waals surface area contributed by atoms with Crippen molar-refractivity contribution >= 4 is 10.9 Å². The molecule has 0 spiro atoms. The molecule has 1 aromatic heterocycles. The van der Waals surface area contributed by atoms with Gasteiger partial charge in [0.15, 0.2) is 0 Å². The molecule has 0 saturated carbocycles. The maximum atomic E-state index is 5.96. The van der Waals surface area contributed by atoms with Gasteiger partial charge in [0.05, 0.1) is 12.1 Å². The van der Waals surface area contributed by atoms with Crippen LogP contribution in [0.1, 0.15) is 37.4 Å². The first-order chi connectivity index (χ1) is 12.1. The van der Waals surface area contributed by atoms with Crippen LogP contribution < -0.4 is 15.2 Å². The number of pyridine rings is 1. The second-order valence-electron chi connectivity index (χ2n) is 6.27. The Bertz CT molecular complexity index is 875. The molecule has 4 nitrogen and oxygen atoms in total. The Morgan fingerprint density at radius 2 is 1.92 bits per heavy atom. The number of hydrogen-bond acceptors (Lipinski definition) is 4. The molecule has 0 fully saturated rings. The summed E-state index contributed by atoms with van der Waals surface area (Å²) in [5.41, 5.74) is 8.95. The molecule has 1 heterocycles. The van der Waals surface area contributed by atoms with Gasteiger partial charge in [-0.15, -0.1) is 0 Å². The quantitative estimate of drug-likeness (QED) is 0.677. The third-order valence-electron chi connectivity index (χ3n) is 4.05. The van der Waals surface area contributed by atoms with Crippen LogP contribution in [0.3, 0.4) is 0 Å². The zero-order chi connectivity index (χ0) is 17.8. The van der Waals surface area contributed by atoms with Gasteiger partial charge in [-0.05, 0) is 67.8 Å². The largest absolute Gasteiger partial charge is 0.494 e. The van der Waals surface area contributed by atoms with Crippen LogP contribution in [-0.2, 0) is 0 Å². The molecule has 4 heteroatoms. The van der Waals surface area contributed by atoms with E-state index in [-0.39, 0.29) is 6.04 Å². The molecule has 25 heavy (non-hydrogen) atoms. The van der Waals surface area contributed by atoms with E-state index in [1.54, 1.807) is 0 Å². The molecule has 0 bridgehead atoms. The average molecular weight is 336 g/mol. The molecular formula is C21H24N2O2. The van der Waals surface area contributed by atoms with Gasteiger partial charge in [-0.3, -0.25) is 0 Å². The summed E-state index contributed by atoms with van der Waals surface area (Å²) in [6.07, 6.45) is 0.989. The van der Waals surface area contributed by atoms with Crippen molar-refractivity contribution in [2.45, 2.75) is 33.2 Å². The van der Waals surface area contributed by atoms with E-state index < -0.39 is 0 Å². The van der Waals surface area contributed by atoms with Gasteiger partial charge in [0.2, 0.25) is 5.88 Å². The maximum absolute atomic E-state index is 5.96. The van der Waals surface area contributed by atoms with E-state index >= 15 is 0 Å². The highest BCUT2D eigenvalue weighted by Gasteiger charge is 2.07. The highest BCUT2D eigenvalue weighted by molar-refractivity contribution is 5.80. The third kappa shape index (κ3) is 4.09. The number of ether oxygens (including phenoxy) is 2. The van der Waals surface area contributed by atoms with E-state index in [1.807, 2.05) is 56.3 Å². The summed E-state index contributed by atoms with van der Waals surface area (Å²) in [6.45, 7) is 6.79. The maximum Gasteiger partial charge on any atom is 0.219 e. The lowest BCUT2D eigenvalue weighted by Gasteiger charge is -2.11. The van der Waals surface area contributed by atoms with Crippen molar-refractivity contribution in [1.82, 2.24) is 4.98 Å².